The Kier molecular flexibility index (Phi) is 2.33. The fourth-order valence-electron chi connectivity index (χ4n) is 1.02. The van der Waals surface area contributed by atoms with Crippen LogP contribution in [0.15, 0.2) is 0 Å². The molecular weight excluding hydrogens is 172 g/mol. The van der Waals surface area contributed by atoms with Gasteiger partial charge < -0.3 is 0 Å². The summed E-state index contributed by atoms with van der Waals surface area (Å²) in [6.07, 6.45) is 4.99. The van der Waals surface area contributed by atoms with Crippen molar-refractivity contribution in [2.45, 2.75) is 6.42 Å². The zero-order valence-electron chi connectivity index (χ0n) is 7.03. The van der Waals surface area contributed by atoms with Crippen LogP contribution in [0.3, 0.4) is 0 Å². The Morgan fingerprint density at radius 3 is 2.69 bits per heavy atom. The summed E-state index contributed by atoms with van der Waals surface area (Å²) in [7, 11) is 1.30. The molecule has 0 aromatic carbocycles. The minimum atomic E-state index is -0.923. The molecule has 0 bridgehead atoms. The van der Waals surface area contributed by atoms with Gasteiger partial charge in [0, 0.05) is 13.5 Å². The number of rotatable bonds is 1. The van der Waals surface area contributed by atoms with Gasteiger partial charge in [-0.05, 0) is 0 Å². The van der Waals surface area contributed by atoms with E-state index in [0.29, 0.717) is 0 Å². The minimum absolute atomic E-state index is 0.0162. The van der Waals surface area contributed by atoms with E-state index in [4.69, 9.17) is 6.42 Å². The molecule has 0 saturated carbocycles. The predicted molar refractivity (Wildman–Crippen MR) is 43.2 cm³/mol. The van der Waals surface area contributed by atoms with E-state index in [1.807, 2.05) is 5.32 Å². The number of nitrogens with one attached hydrogen (secondary N) is 1. The van der Waals surface area contributed by atoms with Crippen LogP contribution in [0.25, 0.3) is 0 Å². The average Bonchev–Trinajstić information content (AvgIpc) is 2.09. The van der Waals surface area contributed by atoms with Gasteiger partial charge >= 0.3 is 6.03 Å². The first kappa shape index (κ1) is 9.26. The van der Waals surface area contributed by atoms with E-state index in [1.54, 1.807) is 0 Å². The molecule has 5 nitrogen and oxygen atoms in total. The Hall–Kier alpha value is -1.83. The van der Waals surface area contributed by atoms with Gasteiger partial charge in [-0.15, -0.1) is 12.3 Å². The number of carbonyl (C=O) groups is 3. The number of urea groups is 1. The zero-order chi connectivity index (χ0) is 10.0. The number of carbonyl (C=O) groups excluding carboxylic acids is 3. The van der Waals surface area contributed by atoms with Crippen LogP contribution in [0, 0.1) is 18.3 Å². The summed E-state index contributed by atoms with van der Waals surface area (Å²) in [6, 6.07) is -0.705. The minimum Gasteiger partial charge on any atom is -0.277 e. The third kappa shape index (κ3) is 1.51. The molecule has 68 valence electrons. The summed E-state index contributed by atoms with van der Waals surface area (Å²) >= 11 is 0. The number of hydrogen-bond acceptors (Lipinski definition) is 3. The number of hydrogen-bond donors (Lipinski definition) is 1. The van der Waals surface area contributed by atoms with Gasteiger partial charge in [-0.2, -0.15) is 0 Å². The van der Waals surface area contributed by atoms with Gasteiger partial charge in [-0.3, -0.25) is 19.8 Å². The number of amides is 4. The highest BCUT2D eigenvalue weighted by molar-refractivity contribution is 6.16. The third-order valence-corrected chi connectivity index (χ3v) is 1.80. The van der Waals surface area contributed by atoms with E-state index in [-0.39, 0.29) is 6.42 Å². The van der Waals surface area contributed by atoms with Crippen LogP contribution in [0.1, 0.15) is 6.42 Å². The summed E-state index contributed by atoms with van der Waals surface area (Å²) in [5.41, 5.74) is 0. The topological polar surface area (TPSA) is 66.5 Å². The maximum Gasteiger partial charge on any atom is 0.330 e. The van der Waals surface area contributed by atoms with Crippen LogP contribution < -0.4 is 5.32 Å². The summed E-state index contributed by atoms with van der Waals surface area (Å²) in [5, 5.41) is 2.03. The Labute approximate surface area is 75.1 Å². The number of barbiturate groups is 1. The van der Waals surface area contributed by atoms with Crippen molar-refractivity contribution in [3.8, 4) is 12.3 Å². The number of imide groups is 2. The molecule has 0 aromatic rings. The lowest BCUT2D eigenvalue weighted by Crippen LogP contribution is -2.56. The Morgan fingerprint density at radius 2 is 2.15 bits per heavy atom. The number of nitrogens with zero attached hydrogens (tertiary/aromatic N) is 1. The van der Waals surface area contributed by atoms with Gasteiger partial charge in [0.05, 0.1) is 0 Å². The van der Waals surface area contributed by atoms with Crippen LogP contribution in [-0.2, 0) is 9.59 Å². The molecule has 4 amide bonds. The van der Waals surface area contributed by atoms with Crippen molar-refractivity contribution < 1.29 is 14.4 Å². The lowest BCUT2D eigenvalue weighted by Gasteiger charge is -2.25. The van der Waals surface area contributed by atoms with Crippen molar-refractivity contribution in [3.05, 3.63) is 0 Å². The van der Waals surface area contributed by atoms with Gasteiger partial charge in [0.25, 0.3) is 0 Å². The molecule has 1 N–H and O–H groups in total. The Morgan fingerprint density at radius 1 is 1.54 bits per heavy atom. The largest absolute Gasteiger partial charge is 0.330 e. The lowest BCUT2D eigenvalue weighted by atomic mass is 10.0. The standard InChI is InChI=1S/C8H8N2O3/c1-3-4-5-6(11)9-8(13)10(2)7(5)12/h1,5H,4H2,2H3,(H,9,11,13). The molecule has 0 aromatic heterocycles. The summed E-state index contributed by atoms with van der Waals surface area (Å²) in [6.45, 7) is 0. The van der Waals surface area contributed by atoms with Crippen molar-refractivity contribution in [1.29, 1.82) is 0 Å². The second-order valence-electron chi connectivity index (χ2n) is 2.65. The SMILES string of the molecule is C#CCC1C(=O)NC(=O)N(C)C1=O. The summed E-state index contributed by atoms with van der Waals surface area (Å²) in [5.74, 6) is 0.122. The molecule has 1 atom stereocenters. The maximum absolute atomic E-state index is 11.3. The van der Waals surface area contributed by atoms with Crippen LogP contribution in [0.2, 0.25) is 0 Å². The molecule has 1 rings (SSSR count). The molecule has 1 aliphatic rings. The third-order valence-electron chi connectivity index (χ3n) is 1.80. The zero-order valence-corrected chi connectivity index (χ0v) is 7.03. The van der Waals surface area contributed by atoms with Gasteiger partial charge in [0.1, 0.15) is 5.92 Å². The van der Waals surface area contributed by atoms with Crippen molar-refractivity contribution >= 4 is 17.8 Å². The van der Waals surface area contributed by atoms with E-state index >= 15 is 0 Å². The van der Waals surface area contributed by atoms with Crippen molar-refractivity contribution in [2.75, 3.05) is 7.05 Å². The molecule has 1 unspecified atom stereocenters. The van der Waals surface area contributed by atoms with Crippen LogP contribution in [-0.4, -0.2) is 29.8 Å². The van der Waals surface area contributed by atoms with Crippen LogP contribution >= 0.6 is 0 Å². The van der Waals surface area contributed by atoms with Gasteiger partial charge in [0.15, 0.2) is 0 Å². The predicted octanol–water partition coefficient (Wildman–Crippen LogP) is -0.666. The highest BCUT2D eigenvalue weighted by Gasteiger charge is 2.37. The maximum atomic E-state index is 11.3. The molecule has 0 radical (unpaired) electrons. The monoisotopic (exact) mass is 180 g/mol. The van der Waals surface area contributed by atoms with Crippen LogP contribution in [0.4, 0.5) is 4.79 Å². The Bertz CT molecular complexity index is 316. The van der Waals surface area contributed by atoms with Gasteiger partial charge in [-0.1, -0.05) is 0 Å². The molecule has 0 spiro atoms. The van der Waals surface area contributed by atoms with E-state index in [2.05, 4.69) is 5.92 Å². The van der Waals surface area contributed by atoms with E-state index in [0.717, 1.165) is 4.90 Å². The summed E-state index contributed by atoms with van der Waals surface area (Å²) in [4.78, 5) is 34.1. The van der Waals surface area contributed by atoms with Gasteiger partial charge in [-0.25, -0.2) is 4.79 Å². The Balaban J connectivity index is 2.87. The lowest BCUT2D eigenvalue weighted by molar-refractivity contribution is -0.141. The van der Waals surface area contributed by atoms with Crippen molar-refractivity contribution in [3.63, 3.8) is 0 Å². The van der Waals surface area contributed by atoms with E-state index in [1.165, 1.54) is 7.05 Å². The molecule has 13 heavy (non-hydrogen) atoms. The molecule has 1 saturated heterocycles. The summed E-state index contributed by atoms with van der Waals surface area (Å²) < 4.78 is 0. The highest BCUT2D eigenvalue weighted by Crippen LogP contribution is 2.11. The first-order valence-electron chi connectivity index (χ1n) is 3.63. The molecule has 0 aliphatic carbocycles. The van der Waals surface area contributed by atoms with E-state index < -0.39 is 23.8 Å². The molecular formula is C8H8N2O3. The fourth-order valence-corrected chi connectivity index (χ4v) is 1.02. The average molecular weight is 180 g/mol. The van der Waals surface area contributed by atoms with Gasteiger partial charge in [0.2, 0.25) is 11.8 Å². The number of terminal acetylenes is 1. The first-order valence-corrected chi connectivity index (χ1v) is 3.63. The molecule has 1 fully saturated rings. The fraction of sp³-hybridized carbons (Fsp3) is 0.375. The molecule has 1 heterocycles. The second-order valence-corrected chi connectivity index (χ2v) is 2.65. The molecule has 5 heteroatoms. The highest BCUT2D eigenvalue weighted by atomic mass is 16.2. The second kappa shape index (κ2) is 3.27. The normalized spacial score (nSPS) is 22.6. The smallest absolute Gasteiger partial charge is 0.277 e. The van der Waals surface area contributed by atoms with Crippen molar-refractivity contribution in [1.82, 2.24) is 10.2 Å². The molecule has 1 aliphatic heterocycles. The quantitative estimate of drug-likeness (QED) is 0.430. The van der Waals surface area contributed by atoms with Crippen molar-refractivity contribution in [2.24, 2.45) is 5.92 Å². The van der Waals surface area contributed by atoms with Crippen LogP contribution in [0.5, 0.6) is 0 Å². The first-order chi connectivity index (χ1) is 6.07. The van der Waals surface area contributed by atoms with E-state index in [9.17, 15) is 14.4 Å².